The minimum Gasteiger partial charge on any atom is -0.481 e. The fraction of sp³-hybridized carbons (Fsp3) is 0.333. The van der Waals surface area contributed by atoms with E-state index >= 15 is 0 Å². The van der Waals surface area contributed by atoms with E-state index in [1.165, 1.54) is 11.8 Å². The highest BCUT2D eigenvalue weighted by Crippen LogP contribution is 2.23. The number of aliphatic carboxylic acids is 1. The van der Waals surface area contributed by atoms with E-state index in [0.717, 1.165) is 23.3 Å². The van der Waals surface area contributed by atoms with Crippen LogP contribution >= 0.6 is 11.8 Å². The molecule has 2 aromatic rings. The third kappa shape index (κ3) is 3.49. The molecule has 90 valence electrons. The molecule has 0 saturated carbocycles. The summed E-state index contributed by atoms with van der Waals surface area (Å²) >= 11 is 1.53. The number of thioether (sulfide) groups is 1. The number of aromatic nitrogens is 1. The summed E-state index contributed by atoms with van der Waals surface area (Å²) in [6.07, 6.45) is 1.78. The summed E-state index contributed by atoms with van der Waals surface area (Å²) in [5.74, 6) is 0.0944. The molecular formula is C12H13NO3S. The number of para-hydroxylation sites is 2. The zero-order valence-corrected chi connectivity index (χ0v) is 10.1. The maximum Gasteiger partial charge on any atom is 0.303 e. The van der Waals surface area contributed by atoms with Crippen LogP contribution in [0.4, 0.5) is 0 Å². The van der Waals surface area contributed by atoms with Crippen LogP contribution in [0.1, 0.15) is 19.3 Å². The predicted octanol–water partition coefficient (Wildman–Crippen LogP) is 3.17. The number of hydrogen-bond donors (Lipinski definition) is 1. The van der Waals surface area contributed by atoms with Gasteiger partial charge in [-0.3, -0.25) is 4.79 Å². The molecule has 1 heterocycles. The first-order valence-corrected chi connectivity index (χ1v) is 6.44. The lowest BCUT2D eigenvalue weighted by Gasteiger charge is -1.95. The van der Waals surface area contributed by atoms with Crippen molar-refractivity contribution in [3.8, 4) is 0 Å². The summed E-state index contributed by atoms with van der Waals surface area (Å²) in [4.78, 5) is 14.6. The van der Waals surface area contributed by atoms with Crippen molar-refractivity contribution in [2.24, 2.45) is 0 Å². The third-order valence-corrected chi connectivity index (χ3v) is 3.20. The monoisotopic (exact) mass is 251 g/mol. The molecule has 1 aromatic heterocycles. The van der Waals surface area contributed by atoms with Gasteiger partial charge < -0.3 is 9.52 Å². The Hall–Kier alpha value is -1.49. The van der Waals surface area contributed by atoms with E-state index in [1.54, 1.807) is 0 Å². The van der Waals surface area contributed by atoms with Gasteiger partial charge in [0.05, 0.1) is 0 Å². The van der Waals surface area contributed by atoms with Crippen LogP contribution in [0.3, 0.4) is 0 Å². The van der Waals surface area contributed by atoms with Crippen molar-refractivity contribution in [1.29, 1.82) is 0 Å². The average Bonchev–Trinajstić information content (AvgIpc) is 2.70. The van der Waals surface area contributed by atoms with Crippen molar-refractivity contribution in [2.45, 2.75) is 24.5 Å². The van der Waals surface area contributed by atoms with E-state index < -0.39 is 5.97 Å². The molecule has 0 bridgehead atoms. The summed E-state index contributed by atoms with van der Waals surface area (Å²) in [7, 11) is 0. The Bertz CT molecular complexity index is 476. The Labute approximate surface area is 103 Å². The second-order valence-corrected chi connectivity index (χ2v) is 4.69. The number of hydrogen-bond acceptors (Lipinski definition) is 4. The Kier molecular flexibility index (Phi) is 4.03. The Morgan fingerprint density at radius 3 is 2.94 bits per heavy atom. The minimum atomic E-state index is -0.739. The molecule has 1 N–H and O–H groups in total. The summed E-state index contributed by atoms with van der Waals surface area (Å²) in [6, 6.07) is 7.63. The van der Waals surface area contributed by atoms with Crippen molar-refractivity contribution in [3.63, 3.8) is 0 Å². The van der Waals surface area contributed by atoms with Gasteiger partial charge in [-0.05, 0) is 25.0 Å². The quantitative estimate of drug-likeness (QED) is 0.631. The van der Waals surface area contributed by atoms with Gasteiger partial charge in [0.15, 0.2) is 5.58 Å². The van der Waals surface area contributed by atoms with Crippen molar-refractivity contribution in [2.75, 3.05) is 5.75 Å². The molecule has 0 aliphatic heterocycles. The third-order valence-electron chi connectivity index (χ3n) is 2.28. The van der Waals surface area contributed by atoms with E-state index in [2.05, 4.69) is 4.98 Å². The van der Waals surface area contributed by atoms with E-state index in [9.17, 15) is 4.79 Å². The fourth-order valence-corrected chi connectivity index (χ4v) is 2.29. The molecule has 0 radical (unpaired) electrons. The summed E-state index contributed by atoms with van der Waals surface area (Å²) in [5.41, 5.74) is 1.65. The number of carboxylic acid groups (broad SMARTS) is 1. The van der Waals surface area contributed by atoms with Gasteiger partial charge in [-0.25, -0.2) is 4.98 Å². The first-order chi connectivity index (χ1) is 8.25. The highest BCUT2D eigenvalue weighted by Gasteiger charge is 2.05. The molecule has 0 spiro atoms. The zero-order valence-electron chi connectivity index (χ0n) is 9.26. The summed E-state index contributed by atoms with van der Waals surface area (Å²) < 4.78 is 5.53. The minimum absolute atomic E-state index is 0.230. The molecular weight excluding hydrogens is 238 g/mol. The van der Waals surface area contributed by atoms with E-state index in [4.69, 9.17) is 9.52 Å². The van der Waals surface area contributed by atoms with Crippen LogP contribution in [0.15, 0.2) is 33.9 Å². The lowest BCUT2D eigenvalue weighted by atomic mass is 10.3. The predicted molar refractivity (Wildman–Crippen MR) is 66.2 cm³/mol. The SMILES string of the molecule is O=C(O)CCCCSc1nc2ccccc2o1. The number of carbonyl (C=O) groups is 1. The Balaban J connectivity index is 1.81. The van der Waals surface area contributed by atoms with Gasteiger partial charge in [-0.15, -0.1) is 0 Å². The molecule has 1 aromatic carbocycles. The fourth-order valence-electron chi connectivity index (χ4n) is 1.45. The molecule has 4 nitrogen and oxygen atoms in total. The van der Waals surface area contributed by atoms with Crippen molar-refractivity contribution < 1.29 is 14.3 Å². The zero-order chi connectivity index (χ0) is 12.1. The van der Waals surface area contributed by atoms with Gasteiger partial charge in [0.2, 0.25) is 0 Å². The van der Waals surface area contributed by atoms with E-state index in [1.807, 2.05) is 24.3 Å². The lowest BCUT2D eigenvalue weighted by molar-refractivity contribution is -0.137. The molecule has 2 rings (SSSR count). The molecule has 0 atom stereocenters. The van der Waals surface area contributed by atoms with Crippen molar-refractivity contribution >= 4 is 28.8 Å². The second kappa shape index (κ2) is 5.72. The molecule has 0 aliphatic carbocycles. The molecule has 0 fully saturated rings. The molecule has 0 aliphatic rings. The normalized spacial score (nSPS) is 10.8. The van der Waals surface area contributed by atoms with Crippen LogP contribution in [0.25, 0.3) is 11.1 Å². The smallest absolute Gasteiger partial charge is 0.303 e. The highest BCUT2D eigenvalue weighted by atomic mass is 32.2. The van der Waals surface area contributed by atoms with E-state index in [0.29, 0.717) is 11.6 Å². The van der Waals surface area contributed by atoms with Gasteiger partial charge in [-0.1, -0.05) is 23.9 Å². The number of rotatable bonds is 6. The average molecular weight is 251 g/mol. The van der Waals surface area contributed by atoms with E-state index in [-0.39, 0.29) is 6.42 Å². The number of unbranched alkanes of at least 4 members (excludes halogenated alkanes) is 1. The van der Waals surface area contributed by atoms with Crippen LogP contribution in [-0.4, -0.2) is 21.8 Å². The van der Waals surface area contributed by atoms with Gasteiger partial charge in [0.25, 0.3) is 5.22 Å². The molecule has 17 heavy (non-hydrogen) atoms. The number of nitrogens with zero attached hydrogens (tertiary/aromatic N) is 1. The van der Waals surface area contributed by atoms with Crippen molar-refractivity contribution in [1.82, 2.24) is 4.98 Å². The van der Waals surface area contributed by atoms with Gasteiger partial charge in [0, 0.05) is 12.2 Å². The largest absolute Gasteiger partial charge is 0.481 e. The van der Waals surface area contributed by atoms with Crippen LogP contribution < -0.4 is 0 Å². The summed E-state index contributed by atoms with van der Waals surface area (Å²) in [6.45, 7) is 0. The van der Waals surface area contributed by atoms with Crippen LogP contribution in [0.2, 0.25) is 0 Å². The van der Waals surface area contributed by atoms with Crippen LogP contribution in [0.5, 0.6) is 0 Å². The van der Waals surface area contributed by atoms with Crippen LogP contribution in [0, 0.1) is 0 Å². The van der Waals surface area contributed by atoms with Gasteiger partial charge >= 0.3 is 5.97 Å². The molecule has 0 amide bonds. The Morgan fingerprint density at radius 1 is 1.35 bits per heavy atom. The number of benzene rings is 1. The topological polar surface area (TPSA) is 63.3 Å². The molecule has 0 saturated heterocycles. The number of oxazole rings is 1. The number of fused-ring (bicyclic) bond motifs is 1. The second-order valence-electron chi connectivity index (χ2n) is 3.65. The van der Waals surface area contributed by atoms with Crippen molar-refractivity contribution in [3.05, 3.63) is 24.3 Å². The van der Waals surface area contributed by atoms with Gasteiger partial charge in [-0.2, -0.15) is 0 Å². The highest BCUT2D eigenvalue weighted by molar-refractivity contribution is 7.99. The van der Waals surface area contributed by atoms with Crippen LogP contribution in [-0.2, 0) is 4.79 Å². The summed E-state index contributed by atoms with van der Waals surface area (Å²) in [5, 5.41) is 9.14. The first kappa shape index (κ1) is 12.0. The maximum absolute atomic E-state index is 10.3. The first-order valence-electron chi connectivity index (χ1n) is 5.46. The molecule has 5 heteroatoms. The number of carboxylic acids is 1. The standard InChI is InChI=1S/C12H13NO3S/c14-11(15)7-3-4-8-17-12-13-9-5-1-2-6-10(9)16-12/h1-2,5-6H,3-4,7-8H2,(H,14,15). The molecule has 0 unspecified atom stereocenters. The Morgan fingerprint density at radius 2 is 2.18 bits per heavy atom. The maximum atomic E-state index is 10.3. The van der Waals surface area contributed by atoms with Gasteiger partial charge in [0.1, 0.15) is 5.52 Å². The lowest BCUT2D eigenvalue weighted by Crippen LogP contribution is -1.94.